The Bertz CT molecular complexity index is 902. The molecular formula is C18H28N7O4S-. The van der Waals surface area contributed by atoms with Crippen LogP contribution in [-0.2, 0) is 16.0 Å². The summed E-state index contributed by atoms with van der Waals surface area (Å²) >= 11 is -2.23. The van der Waals surface area contributed by atoms with Gasteiger partial charge in [0.25, 0.3) is 0 Å². The van der Waals surface area contributed by atoms with Crippen LogP contribution in [-0.4, -0.2) is 82.2 Å². The molecule has 4 rings (SSSR count). The first kappa shape index (κ1) is 21.4. The minimum atomic E-state index is -2.23. The first-order chi connectivity index (χ1) is 14.5. The van der Waals surface area contributed by atoms with Gasteiger partial charge in [0.2, 0.25) is 5.95 Å². The summed E-state index contributed by atoms with van der Waals surface area (Å²) in [6.45, 7) is 5.54. The van der Waals surface area contributed by atoms with Gasteiger partial charge in [0.1, 0.15) is 0 Å². The fourth-order valence-electron chi connectivity index (χ4n) is 3.98. The molecule has 2 saturated heterocycles. The third kappa shape index (κ3) is 4.42. The zero-order valence-electron chi connectivity index (χ0n) is 17.2. The molecule has 4 heterocycles. The molecule has 166 valence electrons. The Hall–Kier alpha value is -1.86. The van der Waals surface area contributed by atoms with Gasteiger partial charge in [0.15, 0.2) is 17.0 Å². The van der Waals surface area contributed by atoms with Crippen molar-refractivity contribution in [3.8, 4) is 0 Å². The number of aliphatic hydroxyl groups is 1. The lowest BCUT2D eigenvalue weighted by atomic mass is 10.1. The highest BCUT2D eigenvalue weighted by Gasteiger charge is 2.28. The molecule has 0 radical (unpaired) electrons. The maximum absolute atomic E-state index is 11.2. The van der Waals surface area contributed by atoms with Gasteiger partial charge in [-0.1, -0.05) is 0 Å². The molecule has 3 N–H and O–H groups in total. The Morgan fingerprint density at radius 2 is 2.23 bits per heavy atom. The van der Waals surface area contributed by atoms with Crippen molar-refractivity contribution in [2.24, 2.45) is 0 Å². The Balaban J connectivity index is 1.63. The molecule has 0 aromatic carbocycles. The number of anilines is 2. The predicted octanol–water partition coefficient (Wildman–Crippen LogP) is 0.639. The summed E-state index contributed by atoms with van der Waals surface area (Å²) in [5.74, 6) is 0.929. The minimum absolute atomic E-state index is 0.0649. The van der Waals surface area contributed by atoms with Crippen LogP contribution in [0.1, 0.15) is 39.2 Å². The zero-order valence-corrected chi connectivity index (χ0v) is 18.0. The largest absolute Gasteiger partial charge is 0.760 e. The maximum atomic E-state index is 11.2. The average Bonchev–Trinajstić information content (AvgIpc) is 3.46. The van der Waals surface area contributed by atoms with Crippen LogP contribution in [0.5, 0.6) is 0 Å². The molecule has 11 nitrogen and oxygen atoms in total. The highest BCUT2D eigenvalue weighted by atomic mass is 32.2. The van der Waals surface area contributed by atoms with Gasteiger partial charge in [-0.2, -0.15) is 9.97 Å². The van der Waals surface area contributed by atoms with Crippen molar-refractivity contribution in [2.75, 3.05) is 36.9 Å². The fourth-order valence-corrected chi connectivity index (χ4v) is 4.53. The number of imidazole rings is 1. The summed E-state index contributed by atoms with van der Waals surface area (Å²) in [5, 5.41) is 16.4. The first-order valence-electron chi connectivity index (χ1n) is 10.3. The topological polar surface area (TPSA) is 140 Å². The summed E-state index contributed by atoms with van der Waals surface area (Å²) in [6.07, 6.45) is 4.17. The van der Waals surface area contributed by atoms with Gasteiger partial charge in [-0.15, -0.1) is 0 Å². The zero-order chi connectivity index (χ0) is 21.3. The van der Waals surface area contributed by atoms with Gasteiger partial charge in [0.05, 0.1) is 25.1 Å². The average molecular weight is 439 g/mol. The Kier molecular flexibility index (Phi) is 6.48. The second-order valence-corrected chi connectivity index (χ2v) is 8.98. The van der Waals surface area contributed by atoms with Gasteiger partial charge in [-0.05, 0) is 33.1 Å². The van der Waals surface area contributed by atoms with E-state index < -0.39 is 11.3 Å². The molecule has 2 aliphatic rings. The summed E-state index contributed by atoms with van der Waals surface area (Å²) in [6, 6.07) is -0.217. The standard InChI is InChI=1S/C18H29N7O4S/c1-11(2)25-10-19-15-16(20-12-5-6-24(8-12)30(27)28)22-18(23-17(15)25)21-13(9-26)14-4-3-7-29-14/h10-14,26H,3-9H2,1-2H3,(H,27,28)(H2,20,21,22,23)/p-1. The summed E-state index contributed by atoms with van der Waals surface area (Å²) < 4.78 is 31.5. The molecule has 12 heteroatoms. The van der Waals surface area contributed by atoms with E-state index in [0.717, 1.165) is 12.8 Å². The van der Waals surface area contributed by atoms with Crippen LogP contribution < -0.4 is 10.6 Å². The number of fused-ring (bicyclic) bond motifs is 1. The van der Waals surface area contributed by atoms with Crippen LogP contribution in [0.15, 0.2) is 6.33 Å². The number of nitrogens with zero attached hydrogens (tertiary/aromatic N) is 5. The molecule has 0 aliphatic carbocycles. The quantitative estimate of drug-likeness (QED) is 0.506. The molecule has 4 unspecified atom stereocenters. The molecule has 4 atom stereocenters. The van der Waals surface area contributed by atoms with Crippen LogP contribution in [0.4, 0.5) is 11.8 Å². The molecule has 2 aliphatic heterocycles. The van der Waals surface area contributed by atoms with E-state index in [1.54, 1.807) is 6.33 Å². The molecule has 0 spiro atoms. The lowest BCUT2D eigenvalue weighted by Crippen LogP contribution is -2.37. The molecular weight excluding hydrogens is 410 g/mol. The van der Waals surface area contributed by atoms with Crippen LogP contribution in [0, 0.1) is 0 Å². The van der Waals surface area contributed by atoms with Crippen LogP contribution in [0.25, 0.3) is 11.2 Å². The van der Waals surface area contributed by atoms with E-state index in [0.29, 0.717) is 49.0 Å². The van der Waals surface area contributed by atoms with E-state index in [2.05, 4.69) is 25.6 Å². The lowest BCUT2D eigenvalue weighted by molar-refractivity contribution is 0.0755. The normalized spacial score (nSPS) is 24.6. The monoisotopic (exact) mass is 438 g/mol. The number of ether oxygens (including phenoxy) is 1. The molecule has 0 amide bonds. The van der Waals surface area contributed by atoms with Crippen molar-refractivity contribution in [2.45, 2.75) is 57.3 Å². The molecule has 0 bridgehead atoms. The second kappa shape index (κ2) is 9.10. The van der Waals surface area contributed by atoms with Crippen molar-refractivity contribution in [1.29, 1.82) is 0 Å². The number of hydrogen-bond donors (Lipinski definition) is 3. The number of aromatic nitrogens is 4. The Labute approximate surface area is 177 Å². The number of rotatable bonds is 8. The van der Waals surface area contributed by atoms with E-state index in [4.69, 9.17) is 4.74 Å². The smallest absolute Gasteiger partial charge is 0.227 e. The minimum Gasteiger partial charge on any atom is -0.760 e. The summed E-state index contributed by atoms with van der Waals surface area (Å²) in [5.41, 5.74) is 1.31. The second-order valence-electron chi connectivity index (χ2n) is 8.03. The third-order valence-corrected chi connectivity index (χ3v) is 6.36. The summed E-state index contributed by atoms with van der Waals surface area (Å²) in [4.78, 5) is 13.8. The molecule has 2 aromatic rings. The van der Waals surface area contributed by atoms with E-state index in [-0.39, 0.29) is 30.8 Å². The lowest BCUT2D eigenvalue weighted by Gasteiger charge is -2.23. The molecule has 0 saturated carbocycles. The van der Waals surface area contributed by atoms with E-state index in [9.17, 15) is 13.9 Å². The van der Waals surface area contributed by atoms with E-state index >= 15 is 0 Å². The van der Waals surface area contributed by atoms with Gasteiger partial charge in [-0.3, -0.25) is 4.21 Å². The van der Waals surface area contributed by atoms with Crippen molar-refractivity contribution >= 4 is 34.2 Å². The molecule has 2 fully saturated rings. The highest BCUT2D eigenvalue weighted by molar-refractivity contribution is 7.76. The molecule has 30 heavy (non-hydrogen) atoms. The van der Waals surface area contributed by atoms with E-state index in [1.807, 2.05) is 18.4 Å². The maximum Gasteiger partial charge on any atom is 0.227 e. The fraction of sp³-hybridized carbons (Fsp3) is 0.722. The van der Waals surface area contributed by atoms with Crippen molar-refractivity contribution < 1.29 is 18.6 Å². The van der Waals surface area contributed by atoms with Gasteiger partial charge < -0.3 is 29.6 Å². The van der Waals surface area contributed by atoms with Crippen LogP contribution in [0.3, 0.4) is 0 Å². The third-order valence-electron chi connectivity index (χ3n) is 5.61. The molecule has 2 aromatic heterocycles. The first-order valence-corrected chi connectivity index (χ1v) is 11.3. The Morgan fingerprint density at radius 1 is 1.40 bits per heavy atom. The van der Waals surface area contributed by atoms with E-state index in [1.165, 1.54) is 4.31 Å². The van der Waals surface area contributed by atoms with Crippen LogP contribution >= 0.6 is 0 Å². The number of aliphatic hydroxyl groups excluding tert-OH is 1. The number of hydrogen-bond acceptors (Lipinski definition) is 9. The SMILES string of the molecule is CC(C)n1cnc2c(NC3CCN(S(=O)[O-])C3)nc(NC(CO)C3CCCO3)nc21. The highest BCUT2D eigenvalue weighted by Crippen LogP contribution is 2.26. The van der Waals surface area contributed by atoms with Gasteiger partial charge in [0, 0.05) is 43.0 Å². The number of nitrogens with one attached hydrogen (secondary N) is 2. The summed E-state index contributed by atoms with van der Waals surface area (Å²) in [7, 11) is 0. The van der Waals surface area contributed by atoms with Crippen molar-refractivity contribution in [1.82, 2.24) is 23.8 Å². The van der Waals surface area contributed by atoms with Gasteiger partial charge in [-0.25, -0.2) is 9.29 Å². The predicted molar refractivity (Wildman–Crippen MR) is 112 cm³/mol. The van der Waals surface area contributed by atoms with Crippen molar-refractivity contribution in [3.63, 3.8) is 0 Å². The van der Waals surface area contributed by atoms with Crippen molar-refractivity contribution in [3.05, 3.63) is 6.33 Å². The van der Waals surface area contributed by atoms with Crippen LogP contribution in [0.2, 0.25) is 0 Å². The van der Waals surface area contributed by atoms with Gasteiger partial charge >= 0.3 is 0 Å². The Morgan fingerprint density at radius 3 is 2.87 bits per heavy atom.